The summed E-state index contributed by atoms with van der Waals surface area (Å²) in [4.78, 5) is 26.8. The van der Waals surface area contributed by atoms with Crippen molar-refractivity contribution in [3.8, 4) is 0 Å². The lowest BCUT2D eigenvalue weighted by molar-refractivity contribution is 0.0967. The standard InChI is InChI=1S/C35H27BrNO2PS/c36-29-23-21-27(22-24-29)33(38)25-41-26-34(37-35(39)28-13-5-1-6-14-28)40(30-15-7-2-8-16-30,31-17-9-3-10-18-31)32-19-11-4-12-20-32/h1-24,26H,25H2/p+1/b34-26-. The van der Waals surface area contributed by atoms with Crippen LogP contribution in [0, 0.1) is 0 Å². The van der Waals surface area contributed by atoms with E-state index in [1.807, 2.05) is 115 Å². The van der Waals surface area contributed by atoms with E-state index >= 15 is 0 Å². The zero-order valence-corrected chi connectivity index (χ0v) is 25.5. The topological polar surface area (TPSA) is 46.2 Å². The molecule has 0 bridgehead atoms. The van der Waals surface area contributed by atoms with Gasteiger partial charge in [-0.05, 0) is 60.7 Å². The Morgan fingerprint density at radius 1 is 0.610 bits per heavy atom. The van der Waals surface area contributed by atoms with Gasteiger partial charge in [-0.2, -0.15) is 0 Å². The molecule has 0 aliphatic carbocycles. The first kappa shape index (κ1) is 28.8. The number of rotatable bonds is 10. The summed E-state index contributed by atoms with van der Waals surface area (Å²) in [6.07, 6.45) is 0. The zero-order valence-electron chi connectivity index (χ0n) is 22.2. The Kier molecular flexibility index (Phi) is 9.63. The van der Waals surface area contributed by atoms with Crippen LogP contribution in [0.4, 0.5) is 0 Å². The monoisotopic (exact) mass is 636 g/mol. The van der Waals surface area contributed by atoms with Crippen LogP contribution < -0.4 is 21.2 Å². The lowest BCUT2D eigenvalue weighted by atomic mass is 10.2. The largest absolute Gasteiger partial charge is 0.293 e. The Labute approximate surface area is 254 Å². The number of halogens is 1. The molecule has 1 amide bonds. The molecule has 0 saturated heterocycles. The molecule has 6 heteroatoms. The average molecular weight is 638 g/mol. The molecule has 41 heavy (non-hydrogen) atoms. The summed E-state index contributed by atoms with van der Waals surface area (Å²) in [6.45, 7) is 0. The predicted molar refractivity (Wildman–Crippen MR) is 178 cm³/mol. The fourth-order valence-corrected chi connectivity index (χ4v) is 10.3. The predicted octanol–water partition coefficient (Wildman–Crippen LogP) is 7.59. The minimum Gasteiger partial charge on any atom is -0.293 e. The second-order valence-corrected chi connectivity index (χ2v) is 14.4. The summed E-state index contributed by atoms with van der Waals surface area (Å²) in [5.41, 5.74) is 2.00. The van der Waals surface area contributed by atoms with Gasteiger partial charge in [-0.25, -0.2) is 0 Å². The third-order valence-electron chi connectivity index (χ3n) is 6.64. The van der Waals surface area contributed by atoms with E-state index in [4.69, 9.17) is 0 Å². The highest BCUT2D eigenvalue weighted by Gasteiger charge is 2.50. The normalized spacial score (nSPS) is 11.6. The van der Waals surface area contributed by atoms with Crippen LogP contribution in [0.5, 0.6) is 0 Å². The first-order valence-electron chi connectivity index (χ1n) is 13.1. The second-order valence-electron chi connectivity index (χ2n) is 9.24. The molecule has 3 nitrogen and oxygen atoms in total. The molecule has 0 unspecified atom stereocenters. The number of thioether (sulfide) groups is 1. The van der Waals surface area contributed by atoms with Gasteiger partial charge in [-0.3, -0.25) is 14.9 Å². The Bertz CT molecular complexity index is 1530. The maximum atomic E-state index is 13.7. The van der Waals surface area contributed by atoms with Crippen LogP contribution >= 0.6 is 35.0 Å². The highest BCUT2D eigenvalue weighted by molar-refractivity contribution is 9.10. The number of carbonyl (C=O) groups excluding carboxylic acids is 2. The van der Waals surface area contributed by atoms with Gasteiger partial charge in [0.1, 0.15) is 15.9 Å². The maximum absolute atomic E-state index is 13.7. The molecule has 0 spiro atoms. The van der Waals surface area contributed by atoms with Gasteiger partial charge < -0.3 is 0 Å². The van der Waals surface area contributed by atoms with Crippen LogP contribution in [-0.2, 0) is 0 Å². The number of amides is 1. The molecular weight excluding hydrogens is 609 g/mol. The van der Waals surface area contributed by atoms with Gasteiger partial charge in [0, 0.05) is 21.0 Å². The molecular formula is C35H28BrNO2PS+. The van der Waals surface area contributed by atoms with E-state index < -0.39 is 7.26 Å². The minimum atomic E-state index is -2.59. The van der Waals surface area contributed by atoms with Crippen molar-refractivity contribution in [2.75, 3.05) is 5.75 Å². The van der Waals surface area contributed by atoms with Gasteiger partial charge >= 0.3 is 0 Å². The van der Waals surface area contributed by atoms with Crippen LogP contribution in [0.1, 0.15) is 20.7 Å². The summed E-state index contributed by atoms with van der Waals surface area (Å²) in [6, 6.07) is 47.7. The van der Waals surface area contributed by atoms with Crippen molar-refractivity contribution in [3.05, 3.63) is 172 Å². The van der Waals surface area contributed by atoms with Crippen molar-refractivity contribution in [2.24, 2.45) is 0 Å². The van der Waals surface area contributed by atoms with Gasteiger partial charge in [-0.1, -0.05) is 101 Å². The fourth-order valence-electron chi connectivity index (χ4n) is 4.71. The van der Waals surface area contributed by atoms with Crippen LogP contribution in [0.2, 0.25) is 0 Å². The van der Waals surface area contributed by atoms with Gasteiger partial charge in [0.25, 0.3) is 5.91 Å². The van der Waals surface area contributed by atoms with Crippen molar-refractivity contribution in [1.29, 1.82) is 0 Å². The van der Waals surface area contributed by atoms with Gasteiger partial charge in [0.15, 0.2) is 18.5 Å². The van der Waals surface area contributed by atoms with Gasteiger partial charge in [0.2, 0.25) is 0 Å². The van der Waals surface area contributed by atoms with Crippen LogP contribution in [-0.4, -0.2) is 17.4 Å². The van der Waals surface area contributed by atoms with Crippen LogP contribution in [0.25, 0.3) is 0 Å². The molecule has 0 heterocycles. The van der Waals surface area contributed by atoms with E-state index in [9.17, 15) is 9.59 Å². The Morgan fingerprint density at radius 2 is 1.05 bits per heavy atom. The Morgan fingerprint density at radius 3 is 1.51 bits per heavy atom. The third kappa shape index (κ3) is 6.60. The number of hydrogen-bond donors (Lipinski definition) is 1. The van der Waals surface area contributed by atoms with E-state index in [1.54, 1.807) is 0 Å². The maximum Gasteiger partial charge on any atom is 0.258 e. The van der Waals surface area contributed by atoms with Crippen molar-refractivity contribution >= 4 is 62.6 Å². The summed E-state index contributed by atoms with van der Waals surface area (Å²) in [7, 11) is -2.59. The number of hydrogen-bond acceptors (Lipinski definition) is 3. The number of ketones is 1. The van der Waals surface area contributed by atoms with Crippen molar-refractivity contribution in [3.63, 3.8) is 0 Å². The van der Waals surface area contributed by atoms with E-state index in [0.717, 1.165) is 25.8 Å². The molecule has 0 saturated carbocycles. The summed E-state index contributed by atoms with van der Waals surface area (Å²) in [5, 5.41) is 8.63. The van der Waals surface area contributed by atoms with E-state index in [-0.39, 0.29) is 17.4 Å². The minimum absolute atomic E-state index is 0.0237. The summed E-state index contributed by atoms with van der Waals surface area (Å²) in [5.74, 6) is 0.0736. The van der Waals surface area contributed by atoms with Crippen molar-refractivity contribution < 1.29 is 9.59 Å². The van der Waals surface area contributed by atoms with E-state index in [1.165, 1.54) is 11.8 Å². The number of Topliss-reactive ketones (excluding diaryl/α,β-unsaturated/α-hetero) is 1. The number of carbonyl (C=O) groups is 2. The summed E-state index contributed by atoms with van der Waals surface area (Å²) < 4.78 is 0.927. The molecule has 202 valence electrons. The first-order valence-corrected chi connectivity index (χ1v) is 16.8. The highest BCUT2D eigenvalue weighted by atomic mass is 79.9. The molecule has 5 aromatic rings. The molecule has 0 aromatic heterocycles. The number of benzene rings is 5. The Balaban J connectivity index is 1.66. The molecule has 5 rings (SSSR count). The van der Waals surface area contributed by atoms with Crippen molar-refractivity contribution in [2.45, 2.75) is 0 Å². The summed E-state index contributed by atoms with van der Waals surface area (Å²) >= 11 is 4.84. The molecule has 0 radical (unpaired) electrons. The third-order valence-corrected chi connectivity index (χ3v) is 12.4. The fraction of sp³-hybridized carbons (Fsp3) is 0.0286. The number of nitrogens with one attached hydrogen (secondary N) is 1. The van der Waals surface area contributed by atoms with Gasteiger partial charge in [0.05, 0.1) is 5.75 Å². The SMILES string of the molecule is O=C(CS/C=C(/NC(=O)c1ccccc1)[P+](c1ccccc1)(c1ccccc1)c1ccccc1)c1ccc(Br)cc1. The lowest BCUT2D eigenvalue weighted by Gasteiger charge is -2.29. The highest BCUT2D eigenvalue weighted by Crippen LogP contribution is 2.61. The van der Waals surface area contributed by atoms with Gasteiger partial charge in [-0.15, -0.1) is 11.8 Å². The zero-order chi connectivity index (χ0) is 28.5. The quantitative estimate of drug-likeness (QED) is 0.127. The smallest absolute Gasteiger partial charge is 0.258 e. The lowest BCUT2D eigenvalue weighted by Crippen LogP contribution is -2.38. The van der Waals surface area contributed by atoms with Crippen LogP contribution in [0.15, 0.2) is 161 Å². The van der Waals surface area contributed by atoms with Crippen LogP contribution in [0.3, 0.4) is 0 Å². The molecule has 0 aliphatic rings. The second kappa shape index (κ2) is 13.7. The molecule has 0 fully saturated rings. The average Bonchev–Trinajstić information content (AvgIpc) is 3.03. The van der Waals surface area contributed by atoms with E-state index in [2.05, 4.69) is 57.6 Å². The molecule has 5 aromatic carbocycles. The Hall–Kier alpha value is -3.76. The van der Waals surface area contributed by atoms with E-state index in [0.29, 0.717) is 11.1 Å². The first-order chi connectivity index (χ1) is 20.1. The van der Waals surface area contributed by atoms with Crippen molar-refractivity contribution in [1.82, 2.24) is 5.32 Å². The molecule has 1 N–H and O–H groups in total. The molecule has 0 aliphatic heterocycles. The molecule has 0 atom stereocenters.